The number of benzene rings is 3. The van der Waals surface area contributed by atoms with Crippen molar-refractivity contribution in [3.05, 3.63) is 118 Å². The molecule has 0 spiro atoms. The second kappa shape index (κ2) is 9.63. The summed E-state index contributed by atoms with van der Waals surface area (Å²) in [6.45, 7) is 0. The van der Waals surface area contributed by atoms with Gasteiger partial charge in [-0.2, -0.15) is 0 Å². The maximum Gasteiger partial charge on any atom is 0.271 e. The predicted molar refractivity (Wildman–Crippen MR) is 151 cm³/mol. The van der Waals surface area contributed by atoms with Crippen LogP contribution >= 0.6 is 38.9 Å². The molecular formula is C29H22BrClN2O3S. The van der Waals surface area contributed by atoms with Crippen LogP contribution in [0.3, 0.4) is 0 Å². The Bertz CT molecular complexity index is 1760. The standard InChI is InChI=1S/C29H22BrClN2O3S/c1-35-23-15-24(36-2)22(30)13-18(23)14-25-28(34)33-27(17-7-10-19(31)11-8-17)21-12-9-16-5-3-4-6-20(16)26(21)32-29(33)37-25/h3-8,10-11,13-15,27H,9,12H2,1-2H3. The molecule has 8 heteroatoms. The molecule has 1 aliphatic heterocycles. The van der Waals surface area contributed by atoms with Crippen LogP contribution in [0.5, 0.6) is 11.5 Å². The number of hydrogen-bond donors (Lipinski definition) is 0. The summed E-state index contributed by atoms with van der Waals surface area (Å²) in [7, 11) is 3.21. The Morgan fingerprint density at radius 1 is 1.05 bits per heavy atom. The summed E-state index contributed by atoms with van der Waals surface area (Å²) in [6.07, 6.45) is 3.62. The Morgan fingerprint density at radius 2 is 1.81 bits per heavy atom. The van der Waals surface area contributed by atoms with Crippen LogP contribution in [0.15, 0.2) is 80.5 Å². The fourth-order valence-corrected chi connectivity index (χ4v) is 6.75. The third-order valence-electron chi connectivity index (χ3n) is 6.85. The van der Waals surface area contributed by atoms with Crippen LogP contribution < -0.4 is 24.4 Å². The highest BCUT2D eigenvalue weighted by Crippen LogP contribution is 2.41. The van der Waals surface area contributed by atoms with Gasteiger partial charge in [-0.15, -0.1) is 0 Å². The van der Waals surface area contributed by atoms with Crippen molar-refractivity contribution < 1.29 is 9.47 Å². The summed E-state index contributed by atoms with van der Waals surface area (Å²) in [5.74, 6) is 1.28. The summed E-state index contributed by atoms with van der Waals surface area (Å²) in [4.78, 5) is 19.7. The summed E-state index contributed by atoms with van der Waals surface area (Å²) >= 11 is 11.2. The molecule has 0 saturated carbocycles. The van der Waals surface area contributed by atoms with Gasteiger partial charge in [0.25, 0.3) is 5.56 Å². The van der Waals surface area contributed by atoms with Crippen molar-refractivity contribution in [2.75, 3.05) is 14.2 Å². The van der Waals surface area contributed by atoms with Gasteiger partial charge in [-0.25, -0.2) is 4.99 Å². The molecule has 0 fully saturated rings. The van der Waals surface area contributed by atoms with Crippen LogP contribution in [-0.4, -0.2) is 18.8 Å². The zero-order valence-corrected chi connectivity index (χ0v) is 23.3. The largest absolute Gasteiger partial charge is 0.496 e. The van der Waals surface area contributed by atoms with Crippen molar-refractivity contribution in [2.24, 2.45) is 4.99 Å². The normalized spacial score (nSPS) is 16.5. The van der Waals surface area contributed by atoms with E-state index in [1.165, 1.54) is 16.9 Å². The molecular weight excluding hydrogens is 572 g/mol. The van der Waals surface area contributed by atoms with E-state index in [1.807, 2.05) is 47.0 Å². The van der Waals surface area contributed by atoms with Gasteiger partial charge in [-0.3, -0.25) is 9.36 Å². The third-order valence-corrected chi connectivity index (χ3v) is 8.70. The van der Waals surface area contributed by atoms with Gasteiger partial charge in [0.2, 0.25) is 0 Å². The van der Waals surface area contributed by atoms with Gasteiger partial charge in [0.05, 0.1) is 35.0 Å². The number of thiazole rings is 1. The second-order valence-corrected chi connectivity index (χ2v) is 11.2. The lowest BCUT2D eigenvalue weighted by Crippen LogP contribution is -2.38. The zero-order chi connectivity index (χ0) is 25.7. The van der Waals surface area contributed by atoms with E-state index < -0.39 is 0 Å². The number of methoxy groups -OCH3 is 2. The van der Waals surface area contributed by atoms with Crippen molar-refractivity contribution in [2.45, 2.75) is 18.9 Å². The minimum absolute atomic E-state index is 0.0805. The minimum atomic E-state index is -0.247. The maximum atomic E-state index is 14.0. The molecule has 2 heterocycles. The Kier molecular flexibility index (Phi) is 6.31. The average molecular weight is 594 g/mol. The van der Waals surface area contributed by atoms with Crippen molar-refractivity contribution in [3.63, 3.8) is 0 Å². The molecule has 37 heavy (non-hydrogen) atoms. The highest BCUT2D eigenvalue weighted by atomic mass is 79.9. The molecule has 5 nitrogen and oxygen atoms in total. The van der Waals surface area contributed by atoms with E-state index in [4.69, 9.17) is 26.1 Å². The van der Waals surface area contributed by atoms with E-state index in [0.29, 0.717) is 25.9 Å². The highest BCUT2D eigenvalue weighted by Gasteiger charge is 2.32. The summed E-state index contributed by atoms with van der Waals surface area (Å²) in [6, 6.07) is 19.6. The average Bonchev–Trinajstić information content (AvgIpc) is 3.22. The summed E-state index contributed by atoms with van der Waals surface area (Å²) < 4.78 is 14.2. The van der Waals surface area contributed by atoms with E-state index in [9.17, 15) is 4.79 Å². The van der Waals surface area contributed by atoms with Crippen LogP contribution in [0.1, 0.15) is 34.7 Å². The van der Waals surface area contributed by atoms with Gasteiger partial charge in [0.1, 0.15) is 11.5 Å². The lowest BCUT2D eigenvalue weighted by molar-refractivity contribution is 0.392. The lowest BCUT2D eigenvalue weighted by Gasteiger charge is -2.30. The van der Waals surface area contributed by atoms with Gasteiger partial charge in [-0.1, -0.05) is 59.3 Å². The van der Waals surface area contributed by atoms with E-state index in [0.717, 1.165) is 45.3 Å². The van der Waals surface area contributed by atoms with Crippen LogP contribution in [0.25, 0.3) is 11.8 Å². The predicted octanol–water partition coefficient (Wildman–Crippen LogP) is 5.75. The number of allylic oxidation sites excluding steroid dienone is 1. The topological polar surface area (TPSA) is 52.8 Å². The molecule has 6 rings (SSSR count). The molecule has 2 aliphatic rings. The molecule has 0 saturated heterocycles. The summed E-state index contributed by atoms with van der Waals surface area (Å²) in [5.41, 5.74) is 6.27. The van der Waals surface area contributed by atoms with Crippen LogP contribution in [0, 0.1) is 0 Å². The number of halogens is 2. The lowest BCUT2D eigenvalue weighted by atomic mass is 9.83. The molecule has 0 radical (unpaired) electrons. The van der Waals surface area contributed by atoms with Crippen LogP contribution in [0.2, 0.25) is 5.02 Å². The van der Waals surface area contributed by atoms with Gasteiger partial charge in [0, 0.05) is 22.2 Å². The van der Waals surface area contributed by atoms with E-state index in [1.54, 1.807) is 20.3 Å². The first-order valence-corrected chi connectivity index (χ1v) is 13.8. The number of fused-ring (bicyclic) bond motifs is 3. The SMILES string of the molecule is COc1cc(OC)c(C=c2sc3n(c2=O)C(c2ccc(Cl)cc2)C2=C(N=3)c3ccccc3CC2)cc1Br. The van der Waals surface area contributed by atoms with Gasteiger partial charge < -0.3 is 9.47 Å². The fraction of sp³-hybridized carbons (Fsp3) is 0.172. The molecule has 0 N–H and O–H groups in total. The first-order valence-electron chi connectivity index (χ1n) is 11.8. The van der Waals surface area contributed by atoms with E-state index in [-0.39, 0.29) is 11.6 Å². The number of ether oxygens (including phenoxy) is 2. The van der Waals surface area contributed by atoms with Gasteiger partial charge >= 0.3 is 0 Å². The monoisotopic (exact) mass is 592 g/mol. The first-order chi connectivity index (χ1) is 18.0. The Morgan fingerprint density at radius 3 is 2.57 bits per heavy atom. The van der Waals surface area contributed by atoms with Crippen molar-refractivity contribution in [1.29, 1.82) is 0 Å². The molecule has 1 aromatic heterocycles. The number of aromatic nitrogens is 1. The quantitative estimate of drug-likeness (QED) is 0.303. The van der Waals surface area contributed by atoms with Crippen molar-refractivity contribution >= 4 is 50.6 Å². The number of aryl methyl sites for hydroxylation is 1. The van der Waals surface area contributed by atoms with E-state index >= 15 is 0 Å². The van der Waals surface area contributed by atoms with Crippen LogP contribution in [-0.2, 0) is 6.42 Å². The maximum absolute atomic E-state index is 14.0. The smallest absolute Gasteiger partial charge is 0.271 e. The third kappa shape index (κ3) is 4.15. The highest BCUT2D eigenvalue weighted by molar-refractivity contribution is 9.10. The number of hydrogen-bond acceptors (Lipinski definition) is 5. The molecule has 3 aromatic carbocycles. The molecule has 0 amide bonds. The number of rotatable bonds is 4. The molecule has 186 valence electrons. The van der Waals surface area contributed by atoms with Crippen molar-refractivity contribution in [1.82, 2.24) is 4.57 Å². The van der Waals surface area contributed by atoms with Crippen LogP contribution in [0.4, 0.5) is 0 Å². The second-order valence-electron chi connectivity index (χ2n) is 8.89. The molecule has 4 aromatic rings. The number of nitrogens with zero attached hydrogens (tertiary/aromatic N) is 2. The molecule has 1 atom stereocenters. The Balaban J connectivity index is 1.61. The fourth-order valence-electron chi connectivity index (χ4n) is 5.10. The summed E-state index contributed by atoms with van der Waals surface area (Å²) in [5, 5.41) is 0.663. The Labute approximate surface area is 231 Å². The van der Waals surface area contributed by atoms with Gasteiger partial charge in [0.15, 0.2) is 4.80 Å². The van der Waals surface area contributed by atoms with E-state index in [2.05, 4.69) is 34.1 Å². The molecule has 0 bridgehead atoms. The first kappa shape index (κ1) is 24.2. The molecule has 1 aliphatic carbocycles. The molecule has 1 unspecified atom stereocenters. The van der Waals surface area contributed by atoms with Gasteiger partial charge in [-0.05, 0) is 69.7 Å². The minimum Gasteiger partial charge on any atom is -0.496 e. The van der Waals surface area contributed by atoms with Crippen molar-refractivity contribution in [3.8, 4) is 11.5 Å². The Hall–Kier alpha value is -3.13. The zero-order valence-electron chi connectivity index (χ0n) is 20.1.